The van der Waals surface area contributed by atoms with Gasteiger partial charge in [0.1, 0.15) is 0 Å². The van der Waals surface area contributed by atoms with Gasteiger partial charge in [0, 0.05) is 11.1 Å². The lowest BCUT2D eigenvalue weighted by atomic mass is 9.81. The van der Waals surface area contributed by atoms with Crippen molar-refractivity contribution >= 4 is 17.3 Å². The highest BCUT2D eigenvalue weighted by Crippen LogP contribution is 2.37. The molecule has 1 aromatic carbocycles. The van der Waals surface area contributed by atoms with E-state index in [9.17, 15) is 9.59 Å². The van der Waals surface area contributed by atoms with Crippen LogP contribution in [0.5, 0.6) is 0 Å². The number of carbonyl (C=O) groups excluding carboxylic acids is 1. The van der Waals surface area contributed by atoms with Crippen LogP contribution >= 0.6 is 0 Å². The Bertz CT molecular complexity index is 498. The number of ketones is 1. The number of aliphatic carboxylic acids is 1. The topological polar surface area (TPSA) is 54.4 Å². The standard InChI is InChI=1S/C13H12O3/c1-8(14)9-4-2-3-5-10(9)11-6-7-12(11)13(15)16/h2-5H,6-7H2,1H3,(H,15,16). The van der Waals surface area contributed by atoms with E-state index in [0.717, 1.165) is 17.6 Å². The van der Waals surface area contributed by atoms with Gasteiger partial charge in [-0.15, -0.1) is 0 Å². The Balaban J connectivity index is 2.54. The monoisotopic (exact) mass is 216 g/mol. The average molecular weight is 216 g/mol. The summed E-state index contributed by atoms with van der Waals surface area (Å²) in [5, 5.41) is 8.95. The minimum absolute atomic E-state index is 0.0280. The van der Waals surface area contributed by atoms with Gasteiger partial charge in [0.05, 0.1) is 0 Å². The highest BCUT2D eigenvalue weighted by molar-refractivity contribution is 6.05. The van der Waals surface area contributed by atoms with Crippen molar-refractivity contribution in [2.75, 3.05) is 0 Å². The lowest BCUT2D eigenvalue weighted by molar-refractivity contribution is -0.132. The van der Waals surface area contributed by atoms with Gasteiger partial charge in [0.2, 0.25) is 0 Å². The minimum Gasteiger partial charge on any atom is -0.478 e. The largest absolute Gasteiger partial charge is 0.478 e. The zero-order valence-electron chi connectivity index (χ0n) is 8.99. The van der Waals surface area contributed by atoms with Crippen LogP contribution in [0.2, 0.25) is 0 Å². The van der Waals surface area contributed by atoms with E-state index in [2.05, 4.69) is 0 Å². The van der Waals surface area contributed by atoms with Gasteiger partial charge >= 0.3 is 5.97 Å². The van der Waals surface area contributed by atoms with Crippen molar-refractivity contribution < 1.29 is 14.7 Å². The summed E-state index contributed by atoms with van der Waals surface area (Å²) in [6.07, 6.45) is 1.34. The summed E-state index contributed by atoms with van der Waals surface area (Å²) in [5.74, 6) is -0.903. The summed E-state index contributed by atoms with van der Waals surface area (Å²) >= 11 is 0. The second-order valence-corrected chi connectivity index (χ2v) is 3.86. The van der Waals surface area contributed by atoms with Gasteiger partial charge in [0.25, 0.3) is 0 Å². The Morgan fingerprint density at radius 3 is 2.38 bits per heavy atom. The first-order chi connectivity index (χ1) is 7.61. The molecule has 2 rings (SSSR count). The van der Waals surface area contributed by atoms with Crippen LogP contribution in [-0.4, -0.2) is 16.9 Å². The Hall–Kier alpha value is -1.90. The minimum atomic E-state index is -0.875. The zero-order valence-corrected chi connectivity index (χ0v) is 8.99. The lowest BCUT2D eigenvalue weighted by Crippen LogP contribution is -2.14. The number of allylic oxidation sites excluding steroid dienone is 1. The smallest absolute Gasteiger partial charge is 0.331 e. The predicted molar refractivity (Wildman–Crippen MR) is 60.2 cm³/mol. The molecule has 0 saturated carbocycles. The van der Waals surface area contributed by atoms with Gasteiger partial charge in [-0.05, 0) is 30.9 Å². The molecule has 1 aromatic rings. The quantitative estimate of drug-likeness (QED) is 0.790. The summed E-state index contributed by atoms with van der Waals surface area (Å²) < 4.78 is 0. The fourth-order valence-electron chi connectivity index (χ4n) is 1.96. The van der Waals surface area contributed by atoms with E-state index in [1.807, 2.05) is 12.1 Å². The van der Waals surface area contributed by atoms with Crippen molar-refractivity contribution in [3.8, 4) is 0 Å². The van der Waals surface area contributed by atoms with Gasteiger partial charge in [-0.2, -0.15) is 0 Å². The van der Waals surface area contributed by atoms with Crippen LogP contribution in [-0.2, 0) is 4.79 Å². The predicted octanol–water partition coefficient (Wildman–Crippen LogP) is 2.52. The van der Waals surface area contributed by atoms with Crippen LogP contribution in [0.4, 0.5) is 0 Å². The van der Waals surface area contributed by atoms with E-state index in [0.29, 0.717) is 17.6 Å². The average Bonchev–Trinajstić information content (AvgIpc) is 2.15. The molecule has 0 heterocycles. The fourth-order valence-corrected chi connectivity index (χ4v) is 1.96. The van der Waals surface area contributed by atoms with E-state index in [-0.39, 0.29) is 5.78 Å². The number of Topliss-reactive ketones (excluding diaryl/α,β-unsaturated/α-hetero) is 1. The summed E-state index contributed by atoms with van der Waals surface area (Å²) in [6, 6.07) is 7.17. The molecule has 0 aliphatic heterocycles. The van der Waals surface area contributed by atoms with E-state index >= 15 is 0 Å². The van der Waals surface area contributed by atoms with Crippen molar-refractivity contribution in [3.05, 3.63) is 41.0 Å². The molecule has 1 aliphatic carbocycles. The van der Waals surface area contributed by atoms with Crippen molar-refractivity contribution in [1.82, 2.24) is 0 Å². The first kappa shape index (κ1) is 10.6. The normalized spacial score (nSPS) is 14.6. The summed E-state index contributed by atoms with van der Waals surface area (Å²) in [4.78, 5) is 22.3. The van der Waals surface area contributed by atoms with Crippen LogP contribution in [0.3, 0.4) is 0 Å². The van der Waals surface area contributed by atoms with Crippen LogP contribution < -0.4 is 0 Å². The first-order valence-corrected chi connectivity index (χ1v) is 5.17. The molecule has 3 nitrogen and oxygen atoms in total. The molecule has 3 heteroatoms. The van der Waals surface area contributed by atoms with Crippen LogP contribution in [0.25, 0.3) is 5.57 Å². The number of hydrogen-bond acceptors (Lipinski definition) is 2. The second kappa shape index (κ2) is 3.93. The van der Waals surface area contributed by atoms with Crippen molar-refractivity contribution in [1.29, 1.82) is 0 Å². The van der Waals surface area contributed by atoms with Gasteiger partial charge in [-0.25, -0.2) is 4.79 Å². The molecule has 0 saturated heterocycles. The second-order valence-electron chi connectivity index (χ2n) is 3.86. The van der Waals surface area contributed by atoms with Crippen molar-refractivity contribution in [2.45, 2.75) is 19.8 Å². The van der Waals surface area contributed by atoms with Gasteiger partial charge in [0.15, 0.2) is 5.78 Å². The molecule has 16 heavy (non-hydrogen) atoms. The molecule has 0 bridgehead atoms. The van der Waals surface area contributed by atoms with Crippen LogP contribution in [0, 0.1) is 0 Å². The number of benzene rings is 1. The van der Waals surface area contributed by atoms with Crippen LogP contribution in [0.1, 0.15) is 35.7 Å². The van der Waals surface area contributed by atoms with Gasteiger partial charge < -0.3 is 5.11 Å². The molecule has 0 unspecified atom stereocenters. The molecule has 1 aliphatic rings. The van der Waals surface area contributed by atoms with Crippen molar-refractivity contribution in [3.63, 3.8) is 0 Å². The van der Waals surface area contributed by atoms with E-state index < -0.39 is 5.97 Å². The zero-order chi connectivity index (χ0) is 11.7. The molecular weight excluding hydrogens is 204 g/mol. The highest BCUT2D eigenvalue weighted by atomic mass is 16.4. The third-order valence-corrected chi connectivity index (χ3v) is 2.88. The van der Waals surface area contributed by atoms with E-state index in [4.69, 9.17) is 5.11 Å². The summed E-state index contributed by atoms with van der Waals surface area (Å²) in [6.45, 7) is 1.50. The van der Waals surface area contributed by atoms with Crippen molar-refractivity contribution in [2.24, 2.45) is 0 Å². The molecule has 0 aromatic heterocycles. The van der Waals surface area contributed by atoms with Gasteiger partial charge in [-0.3, -0.25) is 4.79 Å². The van der Waals surface area contributed by atoms with Crippen LogP contribution in [0.15, 0.2) is 29.8 Å². The Labute approximate surface area is 93.4 Å². The molecule has 0 radical (unpaired) electrons. The third kappa shape index (κ3) is 1.65. The van der Waals surface area contributed by atoms with E-state index in [1.54, 1.807) is 12.1 Å². The molecule has 1 N–H and O–H groups in total. The number of carboxylic acids is 1. The highest BCUT2D eigenvalue weighted by Gasteiger charge is 2.26. The maximum atomic E-state index is 11.4. The van der Waals surface area contributed by atoms with E-state index in [1.165, 1.54) is 6.92 Å². The SMILES string of the molecule is CC(=O)c1ccccc1C1=C(C(=O)O)CC1. The molecule has 0 amide bonds. The number of rotatable bonds is 3. The third-order valence-electron chi connectivity index (χ3n) is 2.88. The Morgan fingerprint density at radius 1 is 1.19 bits per heavy atom. The lowest BCUT2D eigenvalue weighted by Gasteiger charge is -2.22. The first-order valence-electron chi connectivity index (χ1n) is 5.17. The number of carbonyl (C=O) groups is 2. The maximum Gasteiger partial charge on any atom is 0.331 e. The summed E-state index contributed by atoms with van der Waals surface area (Å²) in [7, 11) is 0. The fraction of sp³-hybridized carbons (Fsp3) is 0.231. The molecule has 82 valence electrons. The molecular formula is C13H12O3. The molecule has 0 fully saturated rings. The van der Waals surface area contributed by atoms with Gasteiger partial charge in [-0.1, -0.05) is 24.3 Å². The maximum absolute atomic E-state index is 11.4. The molecule has 0 spiro atoms. The number of carboxylic acid groups (broad SMARTS) is 1. The Morgan fingerprint density at radius 2 is 1.88 bits per heavy atom. The molecule has 0 atom stereocenters. The summed E-state index contributed by atoms with van der Waals surface area (Å²) in [5.41, 5.74) is 2.63. The number of hydrogen-bond donors (Lipinski definition) is 1. The Kier molecular flexibility index (Phi) is 2.60.